The van der Waals surface area contributed by atoms with Gasteiger partial charge in [-0.25, -0.2) is 0 Å². The van der Waals surface area contributed by atoms with Crippen LogP contribution in [0.4, 0.5) is 0 Å². The summed E-state index contributed by atoms with van der Waals surface area (Å²) >= 11 is 9.80. The van der Waals surface area contributed by atoms with Gasteiger partial charge in [0.2, 0.25) is 0 Å². The molecule has 0 aliphatic heterocycles. The molecular formula is C18H22BrClO3. The number of carboxylic acid groups (broad SMARTS) is 1. The zero-order valence-corrected chi connectivity index (χ0v) is 15.8. The molecule has 2 rings (SSSR count). The van der Waals surface area contributed by atoms with Gasteiger partial charge in [-0.2, -0.15) is 0 Å². The molecule has 23 heavy (non-hydrogen) atoms. The maximum atomic E-state index is 12.3. The highest BCUT2D eigenvalue weighted by molar-refractivity contribution is 9.10. The van der Waals surface area contributed by atoms with Crippen LogP contribution in [0.3, 0.4) is 0 Å². The van der Waals surface area contributed by atoms with E-state index >= 15 is 0 Å². The molecule has 1 aliphatic carbocycles. The van der Waals surface area contributed by atoms with Crippen molar-refractivity contribution in [2.24, 2.45) is 5.92 Å². The summed E-state index contributed by atoms with van der Waals surface area (Å²) in [5.41, 5.74) is 1.68. The topological polar surface area (TPSA) is 54.4 Å². The first-order valence-electron chi connectivity index (χ1n) is 7.93. The lowest BCUT2D eigenvalue weighted by Gasteiger charge is -2.28. The van der Waals surface area contributed by atoms with Crippen LogP contribution < -0.4 is 0 Å². The van der Waals surface area contributed by atoms with Crippen molar-refractivity contribution in [3.05, 3.63) is 34.3 Å². The molecule has 1 N–H and O–H groups in total. The van der Waals surface area contributed by atoms with E-state index in [1.165, 1.54) is 0 Å². The molecule has 5 heteroatoms. The third-order valence-electron chi connectivity index (χ3n) is 4.55. The second-order valence-electron chi connectivity index (χ2n) is 6.85. The molecular weight excluding hydrogens is 380 g/mol. The Labute approximate surface area is 150 Å². The fourth-order valence-electron chi connectivity index (χ4n) is 3.27. The summed E-state index contributed by atoms with van der Waals surface area (Å²) in [6, 6.07) is 5.55. The van der Waals surface area contributed by atoms with Gasteiger partial charge >= 0.3 is 5.97 Å². The van der Waals surface area contributed by atoms with Crippen molar-refractivity contribution in [3.63, 3.8) is 0 Å². The number of hydrogen-bond acceptors (Lipinski definition) is 2. The van der Waals surface area contributed by atoms with E-state index in [1.54, 1.807) is 6.07 Å². The summed E-state index contributed by atoms with van der Waals surface area (Å²) in [4.78, 5) is 23.1. The van der Waals surface area contributed by atoms with Crippen LogP contribution in [0.1, 0.15) is 67.8 Å². The van der Waals surface area contributed by atoms with E-state index in [0.717, 1.165) is 31.2 Å². The molecule has 3 nitrogen and oxygen atoms in total. The highest BCUT2D eigenvalue weighted by atomic mass is 79.9. The Balaban J connectivity index is 2.08. The van der Waals surface area contributed by atoms with Crippen molar-refractivity contribution >= 4 is 39.3 Å². The monoisotopic (exact) mass is 400 g/mol. The van der Waals surface area contributed by atoms with Gasteiger partial charge in [-0.1, -0.05) is 39.7 Å². The lowest BCUT2D eigenvalue weighted by Crippen LogP contribution is -2.24. The number of carbonyl (C=O) groups excluding carboxylic acids is 1. The minimum absolute atomic E-state index is 0.0103. The first kappa shape index (κ1) is 18.5. The van der Waals surface area contributed by atoms with Crippen LogP contribution in [0.25, 0.3) is 0 Å². The van der Waals surface area contributed by atoms with Gasteiger partial charge in [0.1, 0.15) is 0 Å². The molecule has 0 bridgehead atoms. The average molecular weight is 402 g/mol. The van der Waals surface area contributed by atoms with E-state index in [2.05, 4.69) is 15.9 Å². The predicted molar refractivity (Wildman–Crippen MR) is 95.7 cm³/mol. The molecule has 0 radical (unpaired) electrons. The van der Waals surface area contributed by atoms with Crippen LogP contribution in [0.2, 0.25) is 5.02 Å². The van der Waals surface area contributed by atoms with Crippen molar-refractivity contribution in [1.82, 2.24) is 0 Å². The second kappa shape index (κ2) is 7.35. The van der Waals surface area contributed by atoms with Crippen molar-refractivity contribution < 1.29 is 14.7 Å². The Morgan fingerprint density at radius 3 is 2.35 bits per heavy atom. The summed E-state index contributed by atoms with van der Waals surface area (Å²) < 4.78 is -0.604. The molecule has 0 aromatic heterocycles. The van der Waals surface area contributed by atoms with Gasteiger partial charge < -0.3 is 5.11 Å². The molecule has 0 heterocycles. The fraction of sp³-hybridized carbons (Fsp3) is 0.556. The highest BCUT2D eigenvalue weighted by Gasteiger charge is 2.28. The number of aliphatic carboxylic acids is 1. The predicted octanol–water partition coefficient (Wildman–Crippen LogP) is 5.44. The Morgan fingerprint density at radius 2 is 1.87 bits per heavy atom. The third kappa shape index (κ3) is 4.80. The Hall–Kier alpha value is -0.870. The summed E-state index contributed by atoms with van der Waals surface area (Å²) in [7, 11) is 0. The molecule has 1 fully saturated rings. The molecule has 126 valence electrons. The zero-order chi connectivity index (χ0) is 17.2. The van der Waals surface area contributed by atoms with Crippen LogP contribution in [-0.4, -0.2) is 21.2 Å². The maximum Gasteiger partial charge on any atom is 0.303 e. The van der Waals surface area contributed by atoms with E-state index in [0.29, 0.717) is 16.5 Å². The number of Topliss-reactive ketones (excluding diaryl/α,β-unsaturated/α-hetero) is 1. The Morgan fingerprint density at radius 1 is 1.26 bits per heavy atom. The van der Waals surface area contributed by atoms with Crippen LogP contribution >= 0.6 is 27.5 Å². The molecule has 0 unspecified atom stereocenters. The quantitative estimate of drug-likeness (QED) is 0.527. The minimum atomic E-state index is -0.716. The normalized spacial score (nSPS) is 21.9. The number of halogens is 2. The van der Waals surface area contributed by atoms with Gasteiger partial charge in [0.15, 0.2) is 5.78 Å². The second-order valence-corrected chi connectivity index (χ2v) is 9.24. The van der Waals surface area contributed by atoms with Gasteiger partial charge in [0.05, 0.1) is 4.32 Å². The average Bonchev–Trinajstić information content (AvgIpc) is 2.46. The molecule has 1 saturated carbocycles. The summed E-state index contributed by atoms with van der Waals surface area (Å²) in [6.07, 6.45) is 4.00. The maximum absolute atomic E-state index is 12.3. The lowest BCUT2D eigenvalue weighted by molar-refractivity contribution is -0.138. The number of benzene rings is 1. The number of rotatable bonds is 5. The first-order valence-corrected chi connectivity index (χ1v) is 9.10. The van der Waals surface area contributed by atoms with Crippen LogP contribution in [0, 0.1) is 5.92 Å². The molecule has 1 aromatic rings. The molecule has 1 aliphatic rings. The van der Waals surface area contributed by atoms with Gasteiger partial charge in [-0.05, 0) is 63.0 Å². The minimum Gasteiger partial charge on any atom is -0.481 e. The number of carbonyl (C=O) groups is 2. The van der Waals surface area contributed by atoms with Crippen molar-refractivity contribution in [1.29, 1.82) is 0 Å². The molecule has 1 aromatic carbocycles. The Bertz CT molecular complexity index is 599. The van der Waals surface area contributed by atoms with E-state index < -0.39 is 10.3 Å². The lowest BCUT2D eigenvalue weighted by atomic mass is 9.77. The Kier molecular flexibility index (Phi) is 5.90. The van der Waals surface area contributed by atoms with E-state index in [1.807, 2.05) is 26.0 Å². The first-order chi connectivity index (χ1) is 10.7. The summed E-state index contributed by atoms with van der Waals surface area (Å²) in [5.74, 6) is -0.0749. The van der Waals surface area contributed by atoms with Gasteiger partial charge in [0, 0.05) is 17.0 Å². The van der Waals surface area contributed by atoms with Crippen LogP contribution in [0.15, 0.2) is 18.2 Å². The smallest absolute Gasteiger partial charge is 0.303 e. The van der Waals surface area contributed by atoms with Gasteiger partial charge in [-0.15, -0.1) is 0 Å². The van der Waals surface area contributed by atoms with Crippen molar-refractivity contribution in [2.45, 2.75) is 56.2 Å². The SMILES string of the molecule is CC(C)(Br)C(=O)c1ccc([C@H]2CC[C@H](CC(=O)O)CC2)c(Cl)c1. The molecule has 0 saturated heterocycles. The molecule has 0 atom stereocenters. The van der Waals surface area contributed by atoms with Crippen molar-refractivity contribution in [2.75, 3.05) is 0 Å². The number of ketones is 1. The zero-order valence-electron chi connectivity index (χ0n) is 13.4. The third-order valence-corrected chi connectivity index (χ3v) is 5.24. The van der Waals surface area contributed by atoms with E-state index in [9.17, 15) is 9.59 Å². The summed E-state index contributed by atoms with van der Waals surface area (Å²) in [6.45, 7) is 3.64. The van der Waals surface area contributed by atoms with Gasteiger partial charge in [0.25, 0.3) is 0 Å². The molecule has 0 amide bonds. The van der Waals surface area contributed by atoms with Crippen LogP contribution in [-0.2, 0) is 4.79 Å². The van der Waals surface area contributed by atoms with E-state index in [4.69, 9.17) is 16.7 Å². The molecule has 0 spiro atoms. The summed E-state index contributed by atoms with van der Waals surface area (Å²) in [5, 5.41) is 9.52. The van der Waals surface area contributed by atoms with Crippen molar-refractivity contribution in [3.8, 4) is 0 Å². The highest BCUT2D eigenvalue weighted by Crippen LogP contribution is 2.40. The largest absolute Gasteiger partial charge is 0.481 e. The number of hydrogen-bond donors (Lipinski definition) is 1. The van der Waals surface area contributed by atoms with E-state index in [-0.39, 0.29) is 18.1 Å². The standard InChI is InChI=1S/C18H22BrClO3/c1-18(2,19)17(23)13-7-8-14(15(20)10-13)12-5-3-11(4-6-12)9-16(21)22/h7-8,10-12H,3-6,9H2,1-2H3,(H,21,22)/t11-,12-. The fourth-order valence-corrected chi connectivity index (χ4v) is 3.83. The number of carboxylic acids is 1. The van der Waals surface area contributed by atoms with Crippen LogP contribution in [0.5, 0.6) is 0 Å². The number of alkyl halides is 1. The van der Waals surface area contributed by atoms with Gasteiger partial charge in [-0.3, -0.25) is 9.59 Å².